The number of hydroxylamine groups is 1. The van der Waals surface area contributed by atoms with Crippen molar-refractivity contribution in [2.45, 2.75) is 39.2 Å². The van der Waals surface area contributed by atoms with Gasteiger partial charge in [-0.1, -0.05) is 38.3 Å². The van der Waals surface area contributed by atoms with Crippen LogP contribution >= 0.6 is 0 Å². The number of hydrogen-bond donors (Lipinski definition) is 2. The Bertz CT molecular complexity index is 705. The molecule has 1 aliphatic carbocycles. The Hall–Kier alpha value is -2.40. The summed E-state index contributed by atoms with van der Waals surface area (Å²) in [6.07, 6.45) is 8.52. The van der Waals surface area contributed by atoms with Crippen molar-refractivity contribution in [3.63, 3.8) is 0 Å². The van der Waals surface area contributed by atoms with E-state index in [4.69, 9.17) is 4.84 Å². The molecule has 1 saturated carbocycles. The molecule has 26 heavy (non-hydrogen) atoms. The highest BCUT2D eigenvalue weighted by Crippen LogP contribution is 2.29. The number of nitrogens with zero attached hydrogens (tertiary/aromatic N) is 1. The molecule has 1 aromatic heterocycles. The lowest BCUT2D eigenvalue weighted by Crippen LogP contribution is -2.30. The highest BCUT2D eigenvalue weighted by molar-refractivity contribution is 5.98. The summed E-state index contributed by atoms with van der Waals surface area (Å²) in [6, 6.07) is 11.4. The van der Waals surface area contributed by atoms with Gasteiger partial charge >= 0.3 is 0 Å². The molecule has 1 aromatic carbocycles. The first-order valence-corrected chi connectivity index (χ1v) is 9.38. The summed E-state index contributed by atoms with van der Waals surface area (Å²) < 4.78 is 0. The Morgan fingerprint density at radius 3 is 2.73 bits per heavy atom. The van der Waals surface area contributed by atoms with Crippen molar-refractivity contribution in [1.82, 2.24) is 10.5 Å². The lowest BCUT2D eigenvalue weighted by molar-refractivity contribution is 0.000731. The molecule has 0 radical (unpaired) electrons. The topological polar surface area (TPSA) is 63.2 Å². The van der Waals surface area contributed by atoms with Crippen molar-refractivity contribution < 1.29 is 9.63 Å². The maximum absolute atomic E-state index is 12.5. The number of carbonyl (C=O) groups excluding carboxylic acids is 1. The number of para-hydroxylation sites is 1. The maximum Gasteiger partial charge on any atom is 0.276 e. The fraction of sp³-hybridized carbons (Fsp3) is 0.429. The molecule has 2 atom stereocenters. The van der Waals surface area contributed by atoms with Crippen LogP contribution in [0.3, 0.4) is 0 Å². The molecule has 138 valence electrons. The summed E-state index contributed by atoms with van der Waals surface area (Å²) in [7, 11) is 0. The Balaban J connectivity index is 1.53. The van der Waals surface area contributed by atoms with Crippen LogP contribution in [0.25, 0.3) is 0 Å². The number of amides is 1. The Labute approximate surface area is 155 Å². The van der Waals surface area contributed by atoms with Crippen LogP contribution in [0.2, 0.25) is 0 Å². The third kappa shape index (κ3) is 5.05. The summed E-state index contributed by atoms with van der Waals surface area (Å²) in [6.45, 7) is 3.49. The summed E-state index contributed by atoms with van der Waals surface area (Å²) in [5, 5.41) is 3.31. The van der Waals surface area contributed by atoms with Crippen LogP contribution in [0.1, 0.15) is 48.5 Å². The summed E-state index contributed by atoms with van der Waals surface area (Å²) >= 11 is 0. The number of anilines is 1. The molecule has 0 bridgehead atoms. The Morgan fingerprint density at radius 1 is 1.15 bits per heavy atom. The van der Waals surface area contributed by atoms with Gasteiger partial charge in [-0.05, 0) is 48.1 Å². The van der Waals surface area contributed by atoms with Gasteiger partial charge in [-0.2, -0.15) is 0 Å². The van der Waals surface area contributed by atoms with E-state index in [1.807, 2.05) is 30.3 Å². The van der Waals surface area contributed by atoms with Crippen LogP contribution in [0.5, 0.6) is 0 Å². The van der Waals surface area contributed by atoms with Crippen LogP contribution in [-0.4, -0.2) is 17.5 Å². The monoisotopic (exact) mass is 353 g/mol. The van der Waals surface area contributed by atoms with Crippen molar-refractivity contribution in [2.75, 3.05) is 11.9 Å². The largest absolute Gasteiger partial charge is 0.380 e. The molecular weight excluding hydrogens is 326 g/mol. The van der Waals surface area contributed by atoms with E-state index in [1.165, 1.54) is 25.7 Å². The average Bonchev–Trinajstić information content (AvgIpc) is 2.69. The number of pyridine rings is 1. The summed E-state index contributed by atoms with van der Waals surface area (Å²) in [4.78, 5) is 22.1. The van der Waals surface area contributed by atoms with E-state index in [0.717, 1.165) is 11.3 Å². The molecule has 1 amide bonds. The van der Waals surface area contributed by atoms with Crippen LogP contribution in [0.15, 0.2) is 48.8 Å². The number of hydrogen-bond acceptors (Lipinski definition) is 4. The number of aromatic nitrogens is 1. The summed E-state index contributed by atoms with van der Waals surface area (Å²) in [5.41, 5.74) is 5.10. The zero-order valence-electron chi connectivity index (χ0n) is 15.3. The van der Waals surface area contributed by atoms with E-state index in [9.17, 15) is 4.79 Å². The van der Waals surface area contributed by atoms with Crippen molar-refractivity contribution in [1.29, 1.82) is 0 Å². The van der Waals surface area contributed by atoms with Gasteiger partial charge in [0.25, 0.3) is 5.91 Å². The molecule has 1 heterocycles. The van der Waals surface area contributed by atoms with E-state index in [0.29, 0.717) is 30.6 Å². The molecule has 5 nitrogen and oxygen atoms in total. The second-order valence-electron chi connectivity index (χ2n) is 7.02. The minimum Gasteiger partial charge on any atom is -0.380 e. The second-order valence-corrected chi connectivity index (χ2v) is 7.02. The Kier molecular flexibility index (Phi) is 6.61. The molecule has 1 aliphatic rings. The van der Waals surface area contributed by atoms with Gasteiger partial charge in [0.05, 0.1) is 12.2 Å². The van der Waals surface area contributed by atoms with Crippen LogP contribution < -0.4 is 10.8 Å². The Morgan fingerprint density at radius 2 is 1.92 bits per heavy atom. The average molecular weight is 353 g/mol. The van der Waals surface area contributed by atoms with Gasteiger partial charge in [0.15, 0.2) is 0 Å². The predicted octanol–water partition coefficient (Wildman–Crippen LogP) is 4.18. The van der Waals surface area contributed by atoms with E-state index in [-0.39, 0.29) is 5.91 Å². The third-order valence-electron chi connectivity index (χ3n) is 5.16. The van der Waals surface area contributed by atoms with Crippen molar-refractivity contribution in [3.05, 3.63) is 59.9 Å². The first-order valence-electron chi connectivity index (χ1n) is 9.38. The van der Waals surface area contributed by atoms with Crippen molar-refractivity contribution in [3.8, 4) is 0 Å². The van der Waals surface area contributed by atoms with Gasteiger partial charge in [-0.15, -0.1) is 0 Å². The molecule has 0 spiro atoms. The van der Waals surface area contributed by atoms with Gasteiger partial charge in [0, 0.05) is 24.6 Å². The fourth-order valence-corrected chi connectivity index (χ4v) is 3.44. The zero-order valence-corrected chi connectivity index (χ0v) is 15.3. The first-order chi connectivity index (χ1) is 12.7. The third-order valence-corrected chi connectivity index (χ3v) is 5.16. The molecule has 2 unspecified atom stereocenters. The SMILES string of the molecule is CC1CCCCC1CONC(=O)c1ccccc1NCc1ccncc1. The molecule has 2 N–H and O–H groups in total. The van der Waals surface area contributed by atoms with E-state index in [2.05, 4.69) is 22.7 Å². The van der Waals surface area contributed by atoms with Gasteiger partial charge in [-0.3, -0.25) is 14.6 Å². The quantitative estimate of drug-likeness (QED) is 0.733. The van der Waals surface area contributed by atoms with Gasteiger partial charge < -0.3 is 5.32 Å². The molecule has 2 aromatic rings. The highest BCUT2D eigenvalue weighted by Gasteiger charge is 2.22. The van der Waals surface area contributed by atoms with Gasteiger partial charge in [0.1, 0.15) is 0 Å². The standard InChI is InChI=1S/C21H27N3O2/c1-16-6-2-3-7-18(16)15-26-24-21(25)19-8-4-5-9-20(19)23-14-17-10-12-22-13-11-17/h4-5,8-13,16,18,23H,2-3,6-7,14-15H2,1H3,(H,24,25). The zero-order chi connectivity index (χ0) is 18.2. The van der Waals surface area contributed by atoms with Crippen LogP contribution in [0.4, 0.5) is 5.69 Å². The lowest BCUT2D eigenvalue weighted by atomic mass is 9.81. The van der Waals surface area contributed by atoms with Crippen molar-refractivity contribution in [2.24, 2.45) is 11.8 Å². The minimum atomic E-state index is -0.216. The number of nitrogens with one attached hydrogen (secondary N) is 2. The normalized spacial score (nSPS) is 19.7. The fourth-order valence-electron chi connectivity index (χ4n) is 3.44. The predicted molar refractivity (Wildman–Crippen MR) is 103 cm³/mol. The number of benzene rings is 1. The molecule has 1 fully saturated rings. The van der Waals surface area contributed by atoms with Gasteiger partial charge in [0.2, 0.25) is 0 Å². The maximum atomic E-state index is 12.5. The highest BCUT2D eigenvalue weighted by atomic mass is 16.6. The van der Waals surface area contributed by atoms with Crippen molar-refractivity contribution >= 4 is 11.6 Å². The molecule has 0 aliphatic heterocycles. The lowest BCUT2D eigenvalue weighted by Gasteiger charge is -2.28. The molecule has 5 heteroatoms. The van der Waals surface area contributed by atoms with E-state index >= 15 is 0 Å². The van der Waals surface area contributed by atoms with Crippen LogP contribution in [-0.2, 0) is 11.4 Å². The van der Waals surface area contributed by atoms with Crippen LogP contribution in [0, 0.1) is 11.8 Å². The number of carbonyl (C=O) groups is 1. The van der Waals surface area contributed by atoms with Gasteiger partial charge in [-0.25, -0.2) is 5.48 Å². The molecule has 3 rings (SSSR count). The smallest absolute Gasteiger partial charge is 0.276 e. The van der Waals surface area contributed by atoms with E-state index in [1.54, 1.807) is 18.5 Å². The summed E-state index contributed by atoms with van der Waals surface area (Å²) in [5.74, 6) is 0.977. The molecular formula is C21H27N3O2. The van der Waals surface area contributed by atoms with E-state index < -0.39 is 0 Å². The molecule has 0 saturated heterocycles. The minimum absolute atomic E-state index is 0.216. The number of rotatable bonds is 7. The first kappa shape index (κ1) is 18.4. The second kappa shape index (κ2) is 9.34.